The van der Waals surface area contributed by atoms with Gasteiger partial charge in [0.05, 0.1) is 0 Å². The molecular formula is C19H27NO4. The average Bonchev–Trinajstić information content (AvgIpc) is 2.55. The molecule has 5 nitrogen and oxygen atoms in total. The molecule has 5 heteroatoms. The second-order valence-electron chi connectivity index (χ2n) is 5.87. The normalized spacial score (nSPS) is 11.3. The summed E-state index contributed by atoms with van der Waals surface area (Å²) in [6.07, 6.45) is 9.47. The minimum absolute atomic E-state index is 0.104. The molecule has 1 rings (SSSR count). The van der Waals surface area contributed by atoms with Crippen LogP contribution in [0.2, 0.25) is 0 Å². The van der Waals surface area contributed by atoms with Crippen molar-refractivity contribution in [1.82, 2.24) is 5.32 Å². The first-order chi connectivity index (χ1) is 11.5. The van der Waals surface area contributed by atoms with Crippen LogP contribution < -0.4 is 5.32 Å². The van der Waals surface area contributed by atoms with E-state index in [9.17, 15) is 19.8 Å². The summed E-state index contributed by atoms with van der Waals surface area (Å²) < 4.78 is 0. The molecule has 0 spiro atoms. The van der Waals surface area contributed by atoms with Gasteiger partial charge in [0.25, 0.3) is 0 Å². The topological polar surface area (TPSA) is 86.6 Å². The van der Waals surface area contributed by atoms with Crippen LogP contribution in [-0.2, 0) is 9.59 Å². The minimum Gasteiger partial charge on any atom is -0.508 e. The Morgan fingerprint density at radius 2 is 1.58 bits per heavy atom. The van der Waals surface area contributed by atoms with E-state index in [4.69, 9.17) is 0 Å². The number of unbranched alkanes of at least 4 members (excludes halogenated alkanes) is 6. The maximum absolute atomic E-state index is 11.9. The van der Waals surface area contributed by atoms with Crippen LogP contribution in [0.25, 0.3) is 6.08 Å². The molecule has 0 fully saturated rings. The molecule has 132 valence electrons. The number of carboxylic acid groups (broad SMARTS) is 1. The SMILES string of the molecule is CCCCCCCCCC(=O)N/C(=C/c1ccc(O)cc1)C(=O)O. The van der Waals surface area contributed by atoms with E-state index < -0.39 is 5.97 Å². The number of hydrogen-bond acceptors (Lipinski definition) is 3. The van der Waals surface area contributed by atoms with Gasteiger partial charge in [0.2, 0.25) is 5.91 Å². The fourth-order valence-corrected chi connectivity index (χ4v) is 2.34. The van der Waals surface area contributed by atoms with E-state index in [0.717, 1.165) is 19.3 Å². The van der Waals surface area contributed by atoms with Gasteiger partial charge in [-0.1, -0.05) is 57.6 Å². The quantitative estimate of drug-likeness (QED) is 0.421. The monoisotopic (exact) mass is 333 g/mol. The highest BCUT2D eigenvalue weighted by Gasteiger charge is 2.11. The Kier molecular flexibility index (Phi) is 9.27. The van der Waals surface area contributed by atoms with Gasteiger partial charge in [-0.15, -0.1) is 0 Å². The molecular weight excluding hydrogens is 306 g/mol. The molecule has 0 heterocycles. The number of carboxylic acids is 1. The van der Waals surface area contributed by atoms with Gasteiger partial charge in [0, 0.05) is 6.42 Å². The molecule has 1 aromatic carbocycles. The van der Waals surface area contributed by atoms with E-state index in [1.54, 1.807) is 12.1 Å². The molecule has 3 N–H and O–H groups in total. The molecule has 0 aliphatic carbocycles. The number of aliphatic carboxylic acids is 1. The van der Waals surface area contributed by atoms with Crippen molar-refractivity contribution in [2.75, 3.05) is 0 Å². The average molecular weight is 333 g/mol. The van der Waals surface area contributed by atoms with E-state index in [-0.39, 0.29) is 17.4 Å². The highest BCUT2D eigenvalue weighted by atomic mass is 16.4. The Morgan fingerprint density at radius 1 is 1.00 bits per heavy atom. The van der Waals surface area contributed by atoms with E-state index >= 15 is 0 Å². The van der Waals surface area contributed by atoms with Crippen LogP contribution in [0.5, 0.6) is 5.75 Å². The Hall–Kier alpha value is -2.30. The van der Waals surface area contributed by atoms with Gasteiger partial charge in [0.15, 0.2) is 0 Å². The number of phenols is 1. The van der Waals surface area contributed by atoms with E-state index in [2.05, 4.69) is 12.2 Å². The molecule has 1 amide bonds. The first kappa shape index (κ1) is 19.7. The number of rotatable bonds is 11. The van der Waals surface area contributed by atoms with E-state index in [1.165, 1.54) is 43.9 Å². The summed E-state index contributed by atoms with van der Waals surface area (Å²) in [5.41, 5.74) is 0.440. The van der Waals surface area contributed by atoms with Crippen LogP contribution in [0, 0.1) is 0 Å². The van der Waals surface area contributed by atoms with Crippen molar-refractivity contribution in [2.45, 2.75) is 58.3 Å². The molecule has 0 aliphatic rings. The van der Waals surface area contributed by atoms with Crippen molar-refractivity contribution in [1.29, 1.82) is 0 Å². The zero-order valence-electron chi connectivity index (χ0n) is 14.3. The van der Waals surface area contributed by atoms with Crippen LogP contribution in [0.1, 0.15) is 63.9 Å². The van der Waals surface area contributed by atoms with Crippen LogP contribution >= 0.6 is 0 Å². The molecule has 0 radical (unpaired) electrons. The molecule has 0 saturated heterocycles. The molecule has 0 aliphatic heterocycles. The minimum atomic E-state index is -1.18. The van der Waals surface area contributed by atoms with Crippen LogP contribution in [0.4, 0.5) is 0 Å². The fraction of sp³-hybridized carbons (Fsp3) is 0.474. The Labute approximate surface area is 143 Å². The first-order valence-corrected chi connectivity index (χ1v) is 8.56. The molecule has 0 saturated carbocycles. The van der Waals surface area contributed by atoms with Crippen molar-refractivity contribution >= 4 is 18.0 Å². The number of carbonyl (C=O) groups excluding carboxylic acids is 1. The summed E-state index contributed by atoms with van der Waals surface area (Å²) >= 11 is 0. The Balaban J connectivity index is 2.40. The summed E-state index contributed by atoms with van der Waals surface area (Å²) in [5, 5.41) is 20.9. The lowest BCUT2D eigenvalue weighted by Crippen LogP contribution is -2.26. The predicted octanol–water partition coefficient (Wildman–Crippen LogP) is 4.07. The summed E-state index contributed by atoms with van der Waals surface area (Å²) in [5.74, 6) is -1.36. The molecule has 0 bridgehead atoms. The van der Waals surface area contributed by atoms with Gasteiger partial charge in [-0.3, -0.25) is 4.79 Å². The third-order valence-electron chi connectivity index (χ3n) is 3.72. The zero-order chi connectivity index (χ0) is 17.8. The Bertz CT molecular complexity index is 549. The largest absolute Gasteiger partial charge is 0.508 e. The number of carbonyl (C=O) groups is 2. The third-order valence-corrected chi connectivity index (χ3v) is 3.72. The lowest BCUT2D eigenvalue weighted by Gasteiger charge is -2.06. The summed E-state index contributed by atoms with van der Waals surface area (Å²) in [4.78, 5) is 23.1. The van der Waals surface area contributed by atoms with E-state index in [1.807, 2.05) is 0 Å². The smallest absolute Gasteiger partial charge is 0.352 e. The number of nitrogens with one attached hydrogen (secondary N) is 1. The number of amides is 1. The lowest BCUT2D eigenvalue weighted by atomic mass is 10.1. The van der Waals surface area contributed by atoms with Crippen molar-refractivity contribution in [2.24, 2.45) is 0 Å². The maximum Gasteiger partial charge on any atom is 0.352 e. The second kappa shape index (κ2) is 11.3. The van der Waals surface area contributed by atoms with Crippen molar-refractivity contribution in [3.8, 4) is 5.75 Å². The Morgan fingerprint density at radius 3 is 2.17 bits per heavy atom. The van der Waals surface area contributed by atoms with Gasteiger partial charge < -0.3 is 15.5 Å². The van der Waals surface area contributed by atoms with Crippen LogP contribution in [-0.4, -0.2) is 22.1 Å². The highest BCUT2D eigenvalue weighted by molar-refractivity contribution is 5.96. The van der Waals surface area contributed by atoms with Gasteiger partial charge in [-0.25, -0.2) is 4.79 Å². The molecule has 0 atom stereocenters. The molecule has 24 heavy (non-hydrogen) atoms. The molecule has 0 aromatic heterocycles. The number of benzene rings is 1. The van der Waals surface area contributed by atoms with Gasteiger partial charge >= 0.3 is 5.97 Å². The summed E-state index contributed by atoms with van der Waals surface area (Å²) in [6.45, 7) is 2.18. The summed E-state index contributed by atoms with van der Waals surface area (Å²) in [6, 6.07) is 6.10. The van der Waals surface area contributed by atoms with Gasteiger partial charge in [-0.05, 0) is 30.2 Å². The van der Waals surface area contributed by atoms with Crippen molar-refractivity contribution < 1.29 is 19.8 Å². The van der Waals surface area contributed by atoms with Crippen molar-refractivity contribution in [3.05, 3.63) is 35.5 Å². The van der Waals surface area contributed by atoms with Crippen LogP contribution in [0.3, 0.4) is 0 Å². The number of hydrogen-bond donors (Lipinski definition) is 3. The highest BCUT2D eigenvalue weighted by Crippen LogP contribution is 2.13. The van der Waals surface area contributed by atoms with E-state index in [0.29, 0.717) is 12.0 Å². The summed E-state index contributed by atoms with van der Waals surface area (Å²) in [7, 11) is 0. The standard InChI is InChI=1S/C19H27NO4/c1-2-3-4-5-6-7-8-9-18(22)20-17(19(23)24)14-15-10-12-16(21)13-11-15/h10-14,21H,2-9H2,1H3,(H,20,22)(H,23,24)/b17-14+. The van der Waals surface area contributed by atoms with Crippen LogP contribution in [0.15, 0.2) is 30.0 Å². The van der Waals surface area contributed by atoms with Gasteiger partial charge in [-0.2, -0.15) is 0 Å². The third kappa shape index (κ3) is 8.36. The lowest BCUT2D eigenvalue weighted by molar-refractivity contribution is -0.134. The number of phenolic OH excluding ortho intramolecular Hbond substituents is 1. The number of aromatic hydroxyl groups is 1. The fourth-order valence-electron chi connectivity index (χ4n) is 2.34. The van der Waals surface area contributed by atoms with Crippen molar-refractivity contribution in [3.63, 3.8) is 0 Å². The second-order valence-corrected chi connectivity index (χ2v) is 5.87. The molecule has 0 unspecified atom stereocenters. The molecule has 1 aromatic rings. The maximum atomic E-state index is 11.9. The first-order valence-electron chi connectivity index (χ1n) is 8.56. The predicted molar refractivity (Wildman–Crippen MR) is 94.5 cm³/mol. The zero-order valence-corrected chi connectivity index (χ0v) is 14.3. The van der Waals surface area contributed by atoms with Gasteiger partial charge in [0.1, 0.15) is 11.4 Å².